The number of benzene rings is 1. The summed E-state index contributed by atoms with van der Waals surface area (Å²) in [5.74, 6) is -0.795. The van der Waals surface area contributed by atoms with Crippen molar-refractivity contribution < 1.29 is 14.7 Å². The minimum atomic E-state index is -0.791. The average Bonchev–Trinajstić information content (AvgIpc) is 3.11. The summed E-state index contributed by atoms with van der Waals surface area (Å²) in [6.45, 7) is 0.299. The highest BCUT2D eigenvalue weighted by Crippen LogP contribution is 2.48. The first-order valence-electron chi connectivity index (χ1n) is 6.40. The highest BCUT2D eigenvalue weighted by Gasteiger charge is 2.52. The Balaban J connectivity index is 1.89. The maximum atomic E-state index is 12.1. The number of fused-ring (bicyclic) bond motifs is 1. The zero-order valence-electron chi connectivity index (χ0n) is 10.8. The Hall–Kier alpha value is -2.04. The van der Waals surface area contributed by atoms with Crippen molar-refractivity contribution in [2.45, 2.75) is 19.3 Å². The molecule has 0 saturated heterocycles. The molecule has 1 heterocycles. The fourth-order valence-corrected chi connectivity index (χ4v) is 2.61. The van der Waals surface area contributed by atoms with Gasteiger partial charge in [-0.05, 0) is 36.6 Å². The number of hydrogen-bond donors (Lipinski definition) is 2. The van der Waals surface area contributed by atoms with Crippen LogP contribution in [0.5, 0.6) is 0 Å². The number of hydrogen-bond acceptors (Lipinski definition) is 3. The molecule has 0 unspecified atom stereocenters. The highest BCUT2D eigenvalue weighted by atomic mass is 16.4. The molecule has 5 nitrogen and oxygen atoms in total. The lowest BCUT2D eigenvalue weighted by Crippen LogP contribution is -2.36. The molecule has 100 valence electrons. The van der Waals surface area contributed by atoms with Crippen LogP contribution < -0.4 is 10.2 Å². The molecule has 0 bridgehead atoms. The number of carboxylic acids is 1. The summed E-state index contributed by atoms with van der Waals surface area (Å²) in [7, 11) is 1.83. The third kappa shape index (κ3) is 1.85. The average molecular weight is 260 g/mol. The third-order valence-electron chi connectivity index (χ3n) is 4.07. The molecule has 0 atom stereocenters. The lowest BCUT2D eigenvalue weighted by atomic mass is 10.1. The molecule has 1 fully saturated rings. The first-order chi connectivity index (χ1) is 9.05. The highest BCUT2D eigenvalue weighted by molar-refractivity contribution is 6.02. The molecule has 1 aromatic rings. The minimum absolute atomic E-state index is 0.00391. The van der Waals surface area contributed by atoms with Gasteiger partial charge in [-0.15, -0.1) is 0 Å². The van der Waals surface area contributed by atoms with Gasteiger partial charge in [0.15, 0.2) is 0 Å². The third-order valence-corrected chi connectivity index (χ3v) is 4.07. The van der Waals surface area contributed by atoms with Crippen molar-refractivity contribution in [3.63, 3.8) is 0 Å². The smallest absolute Gasteiger partial charge is 0.311 e. The molecule has 0 radical (unpaired) electrons. The molecule has 0 spiro atoms. The van der Waals surface area contributed by atoms with Crippen molar-refractivity contribution in [3.8, 4) is 0 Å². The fourth-order valence-electron chi connectivity index (χ4n) is 2.61. The number of aliphatic carboxylic acids is 1. The van der Waals surface area contributed by atoms with E-state index in [0.717, 1.165) is 16.9 Å². The molecule has 2 aliphatic rings. The largest absolute Gasteiger partial charge is 0.481 e. The first kappa shape index (κ1) is 12.0. The zero-order valence-corrected chi connectivity index (χ0v) is 10.8. The van der Waals surface area contributed by atoms with Crippen molar-refractivity contribution in [2.24, 2.45) is 5.41 Å². The van der Waals surface area contributed by atoms with E-state index in [4.69, 9.17) is 0 Å². The van der Waals surface area contributed by atoms with Gasteiger partial charge in [0.05, 0.1) is 11.8 Å². The van der Waals surface area contributed by atoms with Gasteiger partial charge in [0.2, 0.25) is 5.91 Å². The second-order valence-electron chi connectivity index (χ2n) is 5.34. The Morgan fingerprint density at radius 2 is 2.21 bits per heavy atom. The second-order valence-corrected chi connectivity index (χ2v) is 5.34. The summed E-state index contributed by atoms with van der Waals surface area (Å²) in [6.07, 6.45) is 1.69. The summed E-state index contributed by atoms with van der Waals surface area (Å²) in [5, 5.41) is 12.3. The van der Waals surface area contributed by atoms with Crippen LogP contribution >= 0.6 is 0 Å². The Bertz CT molecular complexity index is 564. The van der Waals surface area contributed by atoms with Gasteiger partial charge < -0.3 is 15.3 Å². The van der Waals surface area contributed by atoms with Crippen LogP contribution in [-0.4, -0.2) is 30.6 Å². The lowest BCUT2D eigenvalue weighted by molar-refractivity contribution is -0.143. The Labute approximate surface area is 111 Å². The van der Waals surface area contributed by atoms with Crippen molar-refractivity contribution in [3.05, 3.63) is 23.8 Å². The fraction of sp³-hybridized carbons (Fsp3) is 0.429. The van der Waals surface area contributed by atoms with Crippen LogP contribution in [-0.2, 0) is 16.0 Å². The maximum Gasteiger partial charge on any atom is 0.311 e. The Kier molecular flexibility index (Phi) is 2.52. The molecule has 5 heteroatoms. The molecule has 2 N–H and O–H groups in total. The summed E-state index contributed by atoms with van der Waals surface area (Å²) >= 11 is 0. The van der Waals surface area contributed by atoms with E-state index in [9.17, 15) is 14.7 Å². The molecular weight excluding hydrogens is 244 g/mol. The van der Waals surface area contributed by atoms with E-state index in [-0.39, 0.29) is 5.91 Å². The topological polar surface area (TPSA) is 69.6 Å². The predicted octanol–water partition coefficient (Wildman–Crippen LogP) is 1.48. The molecule has 1 aliphatic carbocycles. The van der Waals surface area contributed by atoms with E-state index in [0.29, 0.717) is 25.8 Å². The number of carbonyl (C=O) groups excluding carboxylic acids is 1. The van der Waals surface area contributed by atoms with Gasteiger partial charge in [-0.1, -0.05) is 0 Å². The normalized spacial score (nSPS) is 19.2. The molecule has 0 aromatic heterocycles. The van der Waals surface area contributed by atoms with E-state index in [1.165, 1.54) is 0 Å². The number of rotatable bonds is 4. The van der Waals surface area contributed by atoms with E-state index in [1.54, 1.807) is 4.90 Å². The van der Waals surface area contributed by atoms with Crippen LogP contribution in [0.15, 0.2) is 18.2 Å². The van der Waals surface area contributed by atoms with Crippen LogP contribution in [0.3, 0.4) is 0 Å². The van der Waals surface area contributed by atoms with Gasteiger partial charge in [-0.25, -0.2) is 0 Å². The zero-order chi connectivity index (χ0) is 13.6. The van der Waals surface area contributed by atoms with E-state index < -0.39 is 11.4 Å². The number of nitrogens with zero attached hydrogens (tertiary/aromatic N) is 1. The summed E-state index contributed by atoms with van der Waals surface area (Å²) in [4.78, 5) is 24.9. The summed E-state index contributed by atoms with van der Waals surface area (Å²) < 4.78 is 0. The van der Waals surface area contributed by atoms with Gasteiger partial charge in [0.25, 0.3) is 0 Å². The SMILES string of the molecule is CNc1ccc2c(c1)CC(=O)N2CC1(C(=O)O)CC1. The Morgan fingerprint density at radius 3 is 2.79 bits per heavy atom. The van der Waals surface area contributed by atoms with Crippen molar-refractivity contribution in [1.29, 1.82) is 0 Å². The van der Waals surface area contributed by atoms with Crippen LogP contribution in [0, 0.1) is 5.41 Å². The number of anilines is 2. The molecule has 1 aliphatic heterocycles. The second kappa shape index (κ2) is 3.98. The molecule has 3 rings (SSSR count). The van der Waals surface area contributed by atoms with Gasteiger partial charge in [-0.3, -0.25) is 9.59 Å². The quantitative estimate of drug-likeness (QED) is 0.860. The van der Waals surface area contributed by atoms with Gasteiger partial charge in [0.1, 0.15) is 0 Å². The molecule has 19 heavy (non-hydrogen) atoms. The van der Waals surface area contributed by atoms with Crippen LogP contribution in [0.2, 0.25) is 0 Å². The number of carboxylic acid groups (broad SMARTS) is 1. The lowest BCUT2D eigenvalue weighted by Gasteiger charge is -2.21. The van der Waals surface area contributed by atoms with Crippen LogP contribution in [0.1, 0.15) is 18.4 Å². The van der Waals surface area contributed by atoms with Gasteiger partial charge in [0, 0.05) is 25.0 Å². The standard InChI is InChI=1S/C14H16N2O3/c1-15-10-2-3-11-9(6-10)7-12(17)16(11)8-14(4-5-14)13(18)19/h2-3,6,15H,4-5,7-8H2,1H3,(H,18,19). The van der Waals surface area contributed by atoms with E-state index >= 15 is 0 Å². The van der Waals surface area contributed by atoms with Gasteiger partial charge >= 0.3 is 5.97 Å². The molecular formula is C14H16N2O3. The van der Waals surface area contributed by atoms with Crippen LogP contribution in [0.25, 0.3) is 0 Å². The van der Waals surface area contributed by atoms with Crippen LogP contribution in [0.4, 0.5) is 11.4 Å². The summed E-state index contributed by atoms with van der Waals surface area (Å²) in [5.41, 5.74) is 2.08. The maximum absolute atomic E-state index is 12.1. The van der Waals surface area contributed by atoms with Crippen molar-refractivity contribution >= 4 is 23.3 Å². The monoisotopic (exact) mass is 260 g/mol. The van der Waals surface area contributed by atoms with Crippen molar-refractivity contribution in [1.82, 2.24) is 0 Å². The molecule has 1 aromatic carbocycles. The van der Waals surface area contributed by atoms with Crippen molar-refractivity contribution in [2.75, 3.05) is 23.8 Å². The molecule has 1 saturated carbocycles. The number of nitrogens with one attached hydrogen (secondary N) is 1. The molecule has 1 amide bonds. The van der Waals surface area contributed by atoms with E-state index in [2.05, 4.69) is 5.32 Å². The number of amides is 1. The van der Waals surface area contributed by atoms with Gasteiger partial charge in [-0.2, -0.15) is 0 Å². The predicted molar refractivity (Wildman–Crippen MR) is 71.3 cm³/mol. The Morgan fingerprint density at radius 1 is 1.47 bits per heavy atom. The first-order valence-corrected chi connectivity index (χ1v) is 6.40. The van der Waals surface area contributed by atoms with E-state index in [1.807, 2.05) is 25.2 Å². The minimum Gasteiger partial charge on any atom is -0.481 e. The number of carbonyl (C=O) groups is 2. The summed E-state index contributed by atoms with van der Waals surface area (Å²) in [6, 6.07) is 5.75.